The van der Waals surface area contributed by atoms with Crippen LogP contribution < -0.4 is 0 Å². The third-order valence-electron chi connectivity index (χ3n) is 2.94. The third-order valence-corrected chi connectivity index (χ3v) is 3.14. The van der Waals surface area contributed by atoms with E-state index < -0.39 is 0 Å². The van der Waals surface area contributed by atoms with E-state index in [2.05, 4.69) is 0 Å². The van der Waals surface area contributed by atoms with Crippen molar-refractivity contribution in [2.45, 2.75) is 0 Å². The Kier molecular flexibility index (Phi) is 2.49. The van der Waals surface area contributed by atoms with Gasteiger partial charge in [-0.05, 0) is 29.8 Å². The van der Waals surface area contributed by atoms with Gasteiger partial charge in [0, 0.05) is 24.1 Å². The second-order valence-corrected chi connectivity index (χ2v) is 4.48. The smallest absolute Gasteiger partial charge is 0.230 e. The molecule has 3 rings (SSSR count). The highest BCUT2D eigenvalue weighted by Crippen LogP contribution is 2.24. The van der Waals surface area contributed by atoms with E-state index >= 15 is 0 Å². The Morgan fingerprint density at radius 3 is 2.72 bits per heavy atom. The quantitative estimate of drug-likeness (QED) is 0.659. The van der Waals surface area contributed by atoms with Gasteiger partial charge in [0.05, 0.1) is 5.56 Å². The monoisotopic (exact) mass is 259 g/mol. The molecule has 0 unspecified atom stereocenters. The minimum atomic E-state index is -0.154. The first-order valence-corrected chi connectivity index (χ1v) is 5.89. The van der Waals surface area contributed by atoms with E-state index in [0.29, 0.717) is 5.56 Å². The van der Waals surface area contributed by atoms with Crippen LogP contribution in [0.1, 0.15) is 16.1 Å². The minimum absolute atomic E-state index is 0.154. The number of aromatic nitrogens is 1. The Morgan fingerprint density at radius 2 is 2.00 bits per heavy atom. The summed E-state index contributed by atoms with van der Waals surface area (Å²) in [7, 11) is 1.91. The number of halogens is 1. The fourth-order valence-electron chi connectivity index (χ4n) is 2.09. The molecular weight excluding hydrogens is 250 g/mol. The number of carbonyl (C=O) groups is 1. The van der Waals surface area contributed by atoms with Crippen molar-refractivity contribution in [1.82, 2.24) is 4.57 Å². The van der Waals surface area contributed by atoms with Crippen molar-refractivity contribution in [1.29, 1.82) is 0 Å². The fraction of sp³-hybridized carbons (Fsp3) is 0.0714. The molecule has 0 spiro atoms. The Balaban J connectivity index is 2.18. The van der Waals surface area contributed by atoms with Crippen LogP contribution in [0.3, 0.4) is 0 Å². The maximum atomic E-state index is 12.3. The topological polar surface area (TPSA) is 35.1 Å². The highest BCUT2D eigenvalue weighted by atomic mass is 35.5. The lowest BCUT2D eigenvalue weighted by molar-refractivity contribution is 0.101. The molecule has 2 aromatic heterocycles. The van der Waals surface area contributed by atoms with Gasteiger partial charge >= 0.3 is 0 Å². The number of nitrogens with zero attached hydrogens (tertiary/aromatic N) is 1. The van der Waals surface area contributed by atoms with Crippen LogP contribution in [-0.4, -0.2) is 10.4 Å². The van der Waals surface area contributed by atoms with Crippen molar-refractivity contribution in [2.24, 2.45) is 7.05 Å². The van der Waals surface area contributed by atoms with Crippen molar-refractivity contribution >= 4 is 28.3 Å². The highest BCUT2D eigenvalue weighted by Gasteiger charge is 2.18. The van der Waals surface area contributed by atoms with Gasteiger partial charge in [0.2, 0.25) is 5.78 Å². The van der Waals surface area contributed by atoms with Crippen LogP contribution in [-0.2, 0) is 7.05 Å². The molecule has 0 fully saturated rings. The van der Waals surface area contributed by atoms with Crippen LogP contribution in [0.15, 0.2) is 47.0 Å². The van der Waals surface area contributed by atoms with E-state index in [1.807, 2.05) is 42.1 Å². The van der Waals surface area contributed by atoms with E-state index in [9.17, 15) is 4.79 Å². The first-order valence-electron chi connectivity index (χ1n) is 5.51. The number of hydrogen-bond acceptors (Lipinski definition) is 2. The lowest BCUT2D eigenvalue weighted by Crippen LogP contribution is -1.98. The molecule has 0 amide bonds. The number of ketones is 1. The van der Waals surface area contributed by atoms with Crippen molar-refractivity contribution in [3.05, 3.63) is 59.1 Å². The number of carbonyl (C=O) groups excluding carboxylic acids is 1. The lowest BCUT2D eigenvalue weighted by atomic mass is 10.1. The molecule has 3 nitrogen and oxygen atoms in total. The zero-order valence-electron chi connectivity index (χ0n) is 9.68. The molecule has 2 heterocycles. The van der Waals surface area contributed by atoms with Gasteiger partial charge in [0.25, 0.3) is 0 Å². The molecule has 0 saturated carbocycles. The van der Waals surface area contributed by atoms with E-state index in [0.717, 1.165) is 10.9 Å². The summed E-state index contributed by atoms with van der Waals surface area (Å²) < 4.78 is 7.09. The second-order valence-electron chi connectivity index (χ2n) is 4.10. The number of benzene rings is 1. The highest BCUT2D eigenvalue weighted by molar-refractivity contribution is 6.29. The molecule has 0 aliphatic rings. The predicted octanol–water partition coefficient (Wildman–Crippen LogP) is 3.66. The molecule has 0 bridgehead atoms. The molecular formula is C14H10ClNO2. The zero-order chi connectivity index (χ0) is 12.7. The summed E-state index contributed by atoms with van der Waals surface area (Å²) in [6, 6.07) is 10.9. The van der Waals surface area contributed by atoms with Gasteiger partial charge in [-0.2, -0.15) is 0 Å². The molecule has 18 heavy (non-hydrogen) atoms. The molecule has 1 aromatic carbocycles. The Labute approximate surface area is 109 Å². The van der Waals surface area contributed by atoms with Gasteiger partial charge < -0.3 is 8.98 Å². The zero-order valence-corrected chi connectivity index (χ0v) is 10.4. The van der Waals surface area contributed by atoms with Gasteiger partial charge in [0.1, 0.15) is 0 Å². The molecule has 90 valence electrons. The molecule has 0 aliphatic heterocycles. The lowest BCUT2D eigenvalue weighted by Gasteiger charge is -1.95. The maximum Gasteiger partial charge on any atom is 0.230 e. The molecule has 0 radical (unpaired) electrons. The van der Waals surface area contributed by atoms with Gasteiger partial charge in [-0.1, -0.05) is 18.2 Å². The second kappa shape index (κ2) is 4.03. The van der Waals surface area contributed by atoms with Crippen molar-refractivity contribution in [3.8, 4) is 0 Å². The van der Waals surface area contributed by atoms with E-state index in [1.54, 1.807) is 12.1 Å². The maximum absolute atomic E-state index is 12.3. The number of fused-ring (bicyclic) bond motifs is 1. The first-order chi connectivity index (χ1) is 8.66. The van der Waals surface area contributed by atoms with Crippen LogP contribution >= 0.6 is 11.6 Å². The van der Waals surface area contributed by atoms with Gasteiger partial charge in [-0.3, -0.25) is 4.79 Å². The SMILES string of the molecule is Cn1cc(C(=O)c2ccc(Cl)o2)c2ccccc21. The first kappa shape index (κ1) is 11.1. The molecule has 0 saturated heterocycles. The third kappa shape index (κ3) is 1.64. The van der Waals surface area contributed by atoms with Crippen LogP contribution in [0.25, 0.3) is 10.9 Å². The molecule has 0 atom stereocenters. The number of rotatable bonds is 2. The van der Waals surface area contributed by atoms with E-state index in [-0.39, 0.29) is 16.8 Å². The summed E-state index contributed by atoms with van der Waals surface area (Å²) in [6.07, 6.45) is 1.81. The standard InChI is InChI=1S/C14H10ClNO2/c1-16-8-10(9-4-2-3-5-11(9)16)14(17)12-6-7-13(15)18-12/h2-8H,1H3. The van der Waals surface area contributed by atoms with E-state index in [1.165, 1.54) is 0 Å². The summed E-state index contributed by atoms with van der Waals surface area (Å²) in [6.45, 7) is 0. The van der Waals surface area contributed by atoms with Crippen molar-refractivity contribution in [2.75, 3.05) is 0 Å². The van der Waals surface area contributed by atoms with Gasteiger partial charge in [0.15, 0.2) is 11.0 Å². The number of furan rings is 1. The van der Waals surface area contributed by atoms with Crippen LogP contribution in [0.2, 0.25) is 5.22 Å². The summed E-state index contributed by atoms with van der Waals surface area (Å²) in [5.41, 5.74) is 1.64. The summed E-state index contributed by atoms with van der Waals surface area (Å²) in [4.78, 5) is 12.3. The Bertz CT molecular complexity index is 739. The van der Waals surface area contributed by atoms with Gasteiger partial charge in [-0.25, -0.2) is 0 Å². The van der Waals surface area contributed by atoms with E-state index in [4.69, 9.17) is 16.0 Å². The summed E-state index contributed by atoms with van der Waals surface area (Å²) >= 11 is 5.69. The average Bonchev–Trinajstić information content (AvgIpc) is 2.94. The minimum Gasteiger partial charge on any atom is -0.441 e. The Hall–Kier alpha value is -2.00. The summed E-state index contributed by atoms with van der Waals surface area (Å²) in [5, 5.41) is 1.14. The van der Waals surface area contributed by atoms with Crippen molar-refractivity contribution in [3.63, 3.8) is 0 Å². The molecule has 0 aliphatic carbocycles. The number of para-hydroxylation sites is 1. The molecule has 0 N–H and O–H groups in total. The molecule has 3 aromatic rings. The number of aryl methyl sites for hydroxylation is 1. The number of hydrogen-bond donors (Lipinski definition) is 0. The molecule has 4 heteroatoms. The predicted molar refractivity (Wildman–Crippen MR) is 70.1 cm³/mol. The van der Waals surface area contributed by atoms with Crippen LogP contribution in [0.5, 0.6) is 0 Å². The van der Waals surface area contributed by atoms with Crippen LogP contribution in [0, 0.1) is 0 Å². The summed E-state index contributed by atoms with van der Waals surface area (Å²) in [5.74, 6) is 0.107. The van der Waals surface area contributed by atoms with Crippen LogP contribution in [0.4, 0.5) is 0 Å². The largest absolute Gasteiger partial charge is 0.441 e. The fourth-order valence-corrected chi connectivity index (χ4v) is 2.24. The average molecular weight is 260 g/mol. The van der Waals surface area contributed by atoms with Crippen molar-refractivity contribution < 1.29 is 9.21 Å². The Morgan fingerprint density at radius 1 is 1.22 bits per heavy atom. The normalized spacial score (nSPS) is 11.0. The van der Waals surface area contributed by atoms with Gasteiger partial charge in [-0.15, -0.1) is 0 Å².